The molecule has 0 aliphatic rings. The number of esters is 1. The summed E-state index contributed by atoms with van der Waals surface area (Å²) in [6.45, 7) is 0. The average Bonchev–Trinajstić information content (AvgIpc) is 3.48. The molecule has 0 fully saturated rings. The molecule has 5 rings (SSSR count). The number of benzene rings is 2. The fraction of sp³-hybridized carbons (Fsp3) is 0.0435. The molecule has 0 unspecified atom stereocenters. The van der Waals surface area contributed by atoms with E-state index >= 15 is 0 Å². The summed E-state index contributed by atoms with van der Waals surface area (Å²) in [7, 11) is -2.65. The number of fused-ring (bicyclic) bond motifs is 2. The number of ether oxygens (including phenoxy) is 1. The van der Waals surface area contributed by atoms with Gasteiger partial charge in [0, 0.05) is 0 Å². The minimum absolute atomic E-state index is 0.0962. The number of carbonyl (C=O) groups is 1. The molecule has 3 aromatic heterocycles. The lowest BCUT2D eigenvalue weighted by atomic mass is 10.1. The van der Waals surface area contributed by atoms with Crippen LogP contribution in [0.3, 0.4) is 0 Å². The standard InChI is InChI=1S/C23H17N5O4S2/c1-32-23(29)15-10-8-14(9-11-15)13-25-28-21(24)20(34(30,31)18-7-4-12-33-18)19-22(28)27-17-6-3-2-5-16(17)26-19/h2-13H,24H2,1H3/b25-13+. The highest BCUT2D eigenvalue weighted by Gasteiger charge is 2.31. The lowest BCUT2D eigenvalue weighted by Gasteiger charge is -2.02. The molecule has 0 bridgehead atoms. The number of hydrogen-bond acceptors (Lipinski definition) is 9. The van der Waals surface area contributed by atoms with E-state index in [0.29, 0.717) is 22.2 Å². The van der Waals surface area contributed by atoms with Gasteiger partial charge in [0.05, 0.1) is 29.9 Å². The third-order valence-corrected chi connectivity index (χ3v) is 8.33. The van der Waals surface area contributed by atoms with E-state index in [4.69, 9.17) is 10.5 Å². The van der Waals surface area contributed by atoms with E-state index in [2.05, 4.69) is 15.1 Å². The van der Waals surface area contributed by atoms with Crippen LogP contribution in [0.5, 0.6) is 0 Å². The molecule has 2 aromatic carbocycles. The summed E-state index contributed by atoms with van der Waals surface area (Å²) in [5, 5.41) is 6.09. The first-order chi connectivity index (χ1) is 16.4. The van der Waals surface area contributed by atoms with Crippen molar-refractivity contribution in [1.82, 2.24) is 14.6 Å². The van der Waals surface area contributed by atoms with Gasteiger partial charge < -0.3 is 10.5 Å². The Balaban J connectivity index is 1.70. The minimum Gasteiger partial charge on any atom is -0.465 e. The van der Waals surface area contributed by atoms with E-state index in [9.17, 15) is 13.2 Å². The van der Waals surface area contributed by atoms with Crippen molar-refractivity contribution in [2.45, 2.75) is 9.10 Å². The second-order valence-corrected chi connectivity index (χ2v) is 10.3. The van der Waals surface area contributed by atoms with Crippen LogP contribution in [0.25, 0.3) is 22.2 Å². The first-order valence-corrected chi connectivity index (χ1v) is 12.3. The molecule has 11 heteroatoms. The zero-order chi connectivity index (χ0) is 23.9. The summed E-state index contributed by atoms with van der Waals surface area (Å²) in [6, 6.07) is 16.9. The van der Waals surface area contributed by atoms with Gasteiger partial charge in [-0.05, 0) is 41.3 Å². The van der Waals surface area contributed by atoms with Gasteiger partial charge in [-0.25, -0.2) is 23.2 Å². The molecule has 170 valence electrons. The SMILES string of the molecule is COC(=O)c1ccc(/C=N/n2c(N)c(S(=O)(=O)c3cccs3)c3nc4ccccc4nc32)cc1. The summed E-state index contributed by atoms with van der Waals surface area (Å²) < 4.78 is 33.0. The van der Waals surface area contributed by atoms with Gasteiger partial charge in [0.15, 0.2) is 5.65 Å². The molecule has 34 heavy (non-hydrogen) atoms. The van der Waals surface area contributed by atoms with Crippen LogP contribution < -0.4 is 5.73 Å². The second kappa shape index (κ2) is 8.36. The second-order valence-electron chi connectivity index (χ2n) is 7.20. The van der Waals surface area contributed by atoms with Crippen molar-refractivity contribution >= 4 is 61.4 Å². The Hall–Kier alpha value is -4.09. The Bertz CT molecular complexity index is 1670. The van der Waals surface area contributed by atoms with Crippen molar-refractivity contribution < 1.29 is 17.9 Å². The molecule has 0 radical (unpaired) electrons. The van der Waals surface area contributed by atoms with Crippen molar-refractivity contribution in [3.63, 3.8) is 0 Å². The van der Waals surface area contributed by atoms with E-state index in [0.717, 1.165) is 11.3 Å². The highest BCUT2D eigenvalue weighted by atomic mass is 32.2. The monoisotopic (exact) mass is 491 g/mol. The van der Waals surface area contributed by atoms with Crippen LogP contribution in [0.15, 0.2) is 80.2 Å². The molecule has 0 amide bonds. The Morgan fingerprint density at radius 2 is 1.76 bits per heavy atom. The number of para-hydroxylation sites is 2. The van der Waals surface area contributed by atoms with Gasteiger partial charge in [-0.2, -0.15) is 9.78 Å². The Kier molecular flexibility index (Phi) is 5.34. The number of nitrogen functional groups attached to an aromatic ring is 1. The van der Waals surface area contributed by atoms with E-state index in [-0.39, 0.29) is 26.1 Å². The van der Waals surface area contributed by atoms with Crippen LogP contribution >= 0.6 is 11.3 Å². The van der Waals surface area contributed by atoms with E-state index in [1.165, 1.54) is 24.1 Å². The van der Waals surface area contributed by atoms with Gasteiger partial charge in [0.25, 0.3) is 0 Å². The maximum atomic E-state index is 13.4. The molecule has 5 aromatic rings. The number of aromatic nitrogens is 3. The number of anilines is 1. The maximum absolute atomic E-state index is 13.4. The van der Waals surface area contributed by atoms with Crippen LogP contribution in [-0.2, 0) is 14.6 Å². The topological polar surface area (TPSA) is 130 Å². The smallest absolute Gasteiger partial charge is 0.337 e. The molecule has 0 saturated carbocycles. The number of thiophene rings is 1. The Morgan fingerprint density at radius 1 is 1.06 bits per heavy atom. The summed E-state index contributed by atoms with van der Waals surface area (Å²) in [5.41, 5.74) is 8.88. The highest BCUT2D eigenvalue weighted by Crippen LogP contribution is 2.36. The van der Waals surface area contributed by atoms with Gasteiger partial charge in [0.2, 0.25) is 9.84 Å². The molecular weight excluding hydrogens is 474 g/mol. The summed E-state index contributed by atoms with van der Waals surface area (Å²) in [5.74, 6) is -0.546. The van der Waals surface area contributed by atoms with Crippen molar-refractivity contribution in [2.75, 3.05) is 12.8 Å². The van der Waals surface area contributed by atoms with Crippen LogP contribution in [0.1, 0.15) is 15.9 Å². The highest BCUT2D eigenvalue weighted by molar-refractivity contribution is 7.93. The lowest BCUT2D eigenvalue weighted by molar-refractivity contribution is 0.0600. The first kappa shape index (κ1) is 21.7. The van der Waals surface area contributed by atoms with Crippen LogP contribution in [0, 0.1) is 0 Å². The van der Waals surface area contributed by atoms with Crippen molar-refractivity contribution in [2.24, 2.45) is 5.10 Å². The van der Waals surface area contributed by atoms with E-state index in [1.54, 1.807) is 53.9 Å². The van der Waals surface area contributed by atoms with Crippen molar-refractivity contribution in [3.8, 4) is 0 Å². The third-order valence-electron chi connectivity index (χ3n) is 5.11. The fourth-order valence-corrected chi connectivity index (χ4v) is 6.05. The molecule has 2 N–H and O–H groups in total. The van der Waals surface area contributed by atoms with Crippen molar-refractivity contribution in [1.29, 1.82) is 0 Å². The maximum Gasteiger partial charge on any atom is 0.337 e. The summed E-state index contributed by atoms with van der Waals surface area (Å²) in [6.07, 6.45) is 1.50. The van der Waals surface area contributed by atoms with E-state index < -0.39 is 15.8 Å². The number of rotatable bonds is 5. The van der Waals surface area contributed by atoms with Crippen LogP contribution in [-0.4, -0.2) is 42.4 Å². The van der Waals surface area contributed by atoms with E-state index in [1.807, 2.05) is 6.07 Å². The number of nitrogens with zero attached hydrogens (tertiary/aromatic N) is 4. The lowest BCUT2D eigenvalue weighted by Crippen LogP contribution is -2.05. The average molecular weight is 492 g/mol. The number of sulfone groups is 1. The molecule has 9 nitrogen and oxygen atoms in total. The number of nitrogens with two attached hydrogens (primary N) is 1. The van der Waals surface area contributed by atoms with Crippen molar-refractivity contribution in [3.05, 3.63) is 77.2 Å². The fourth-order valence-electron chi connectivity index (χ4n) is 3.47. The van der Waals surface area contributed by atoms with Crippen LogP contribution in [0.2, 0.25) is 0 Å². The van der Waals surface area contributed by atoms with Gasteiger partial charge in [-0.1, -0.05) is 30.3 Å². The molecular formula is C23H17N5O4S2. The first-order valence-electron chi connectivity index (χ1n) is 9.98. The largest absolute Gasteiger partial charge is 0.465 e. The molecule has 0 atom stereocenters. The number of hydrogen-bond donors (Lipinski definition) is 1. The molecule has 0 aliphatic carbocycles. The quantitative estimate of drug-likeness (QED) is 0.293. The van der Waals surface area contributed by atoms with Crippen LogP contribution in [0.4, 0.5) is 5.82 Å². The molecule has 0 aliphatic heterocycles. The van der Waals surface area contributed by atoms with Gasteiger partial charge in [0.1, 0.15) is 20.4 Å². The zero-order valence-electron chi connectivity index (χ0n) is 17.7. The predicted octanol–water partition coefficient (Wildman–Crippen LogP) is 3.73. The number of carbonyl (C=O) groups excluding carboxylic acids is 1. The van der Waals surface area contributed by atoms with Gasteiger partial charge in [-0.15, -0.1) is 11.3 Å². The van der Waals surface area contributed by atoms with Gasteiger partial charge >= 0.3 is 5.97 Å². The minimum atomic E-state index is -3.96. The zero-order valence-corrected chi connectivity index (χ0v) is 19.4. The molecule has 0 spiro atoms. The third kappa shape index (κ3) is 3.60. The number of methoxy groups -OCH3 is 1. The summed E-state index contributed by atoms with van der Waals surface area (Å²) >= 11 is 1.09. The molecule has 0 saturated heterocycles. The Morgan fingerprint density at radius 3 is 2.41 bits per heavy atom. The van der Waals surface area contributed by atoms with Gasteiger partial charge in [-0.3, -0.25) is 0 Å². The molecule has 3 heterocycles. The predicted molar refractivity (Wildman–Crippen MR) is 130 cm³/mol. The Labute approximate surface area is 198 Å². The normalized spacial score (nSPS) is 12.0. The summed E-state index contributed by atoms with van der Waals surface area (Å²) in [4.78, 5) is 20.7.